The molecule has 4 rings (SSSR count). The van der Waals surface area contributed by atoms with Gasteiger partial charge in [0.2, 0.25) is 0 Å². The predicted molar refractivity (Wildman–Crippen MR) is 122 cm³/mol. The van der Waals surface area contributed by atoms with Crippen molar-refractivity contribution >= 4 is 29.0 Å². The fourth-order valence-corrected chi connectivity index (χ4v) is 3.85. The Kier molecular flexibility index (Phi) is 6.97. The third-order valence-corrected chi connectivity index (χ3v) is 5.67. The van der Waals surface area contributed by atoms with Gasteiger partial charge in [0, 0.05) is 43.8 Å². The Morgan fingerprint density at radius 1 is 1.00 bits per heavy atom. The number of benzene rings is 2. The van der Waals surface area contributed by atoms with Gasteiger partial charge in [-0.25, -0.2) is 13.8 Å². The Bertz CT molecular complexity index is 1080. The smallest absolute Gasteiger partial charge is 0.258 e. The molecule has 1 aliphatic rings. The first-order valence-corrected chi connectivity index (χ1v) is 10.8. The van der Waals surface area contributed by atoms with Crippen LogP contribution >= 0.6 is 11.6 Å². The van der Waals surface area contributed by atoms with Crippen LogP contribution in [-0.2, 0) is 6.54 Å². The van der Waals surface area contributed by atoms with Crippen LogP contribution in [0.5, 0.6) is 0 Å². The molecule has 2 heterocycles. The zero-order valence-electron chi connectivity index (χ0n) is 17.4. The van der Waals surface area contributed by atoms with Crippen LogP contribution in [0.2, 0.25) is 5.02 Å². The number of carbonyl (C=O) groups excluding carboxylic acids is 1. The number of amides is 1. The summed E-state index contributed by atoms with van der Waals surface area (Å²) in [6, 6.07) is 14.4. The number of anilines is 2. The molecular formula is C24H23ClF2N4O. The van der Waals surface area contributed by atoms with Gasteiger partial charge in [0.05, 0.1) is 17.4 Å². The highest BCUT2D eigenvalue weighted by Crippen LogP contribution is 2.19. The second kappa shape index (κ2) is 10.1. The Morgan fingerprint density at radius 2 is 1.81 bits per heavy atom. The minimum Gasteiger partial charge on any atom is -0.355 e. The van der Waals surface area contributed by atoms with E-state index in [1.54, 1.807) is 12.3 Å². The van der Waals surface area contributed by atoms with E-state index >= 15 is 0 Å². The molecule has 5 nitrogen and oxygen atoms in total. The summed E-state index contributed by atoms with van der Waals surface area (Å²) in [5.41, 5.74) is 1.46. The number of halogens is 3. The van der Waals surface area contributed by atoms with Crippen LogP contribution in [0.4, 0.5) is 20.3 Å². The lowest BCUT2D eigenvalue weighted by Crippen LogP contribution is -2.30. The zero-order valence-corrected chi connectivity index (χ0v) is 18.2. The van der Waals surface area contributed by atoms with Gasteiger partial charge in [0.25, 0.3) is 5.91 Å². The van der Waals surface area contributed by atoms with Crippen molar-refractivity contribution in [2.45, 2.75) is 13.0 Å². The van der Waals surface area contributed by atoms with Crippen LogP contribution in [0.15, 0.2) is 60.8 Å². The van der Waals surface area contributed by atoms with Crippen molar-refractivity contribution < 1.29 is 13.6 Å². The molecule has 1 amide bonds. The molecule has 0 radical (unpaired) electrons. The summed E-state index contributed by atoms with van der Waals surface area (Å²) < 4.78 is 26.8. The van der Waals surface area contributed by atoms with E-state index in [4.69, 9.17) is 11.6 Å². The maximum Gasteiger partial charge on any atom is 0.258 e. The van der Waals surface area contributed by atoms with E-state index in [1.165, 1.54) is 5.56 Å². The Balaban J connectivity index is 1.34. The Morgan fingerprint density at radius 3 is 2.53 bits per heavy atom. The molecule has 0 spiro atoms. The molecule has 32 heavy (non-hydrogen) atoms. The molecule has 2 aromatic carbocycles. The van der Waals surface area contributed by atoms with E-state index < -0.39 is 17.5 Å². The molecule has 0 aliphatic carbocycles. The van der Waals surface area contributed by atoms with Crippen LogP contribution in [0.1, 0.15) is 22.3 Å². The normalized spacial score (nSPS) is 14.8. The van der Waals surface area contributed by atoms with Crippen LogP contribution in [-0.4, -0.2) is 42.0 Å². The summed E-state index contributed by atoms with van der Waals surface area (Å²) >= 11 is 5.97. The van der Waals surface area contributed by atoms with Crippen molar-refractivity contribution in [1.29, 1.82) is 0 Å². The Hall–Kier alpha value is -3.03. The number of hydrogen-bond acceptors (Lipinski definition) is 4. The molecule has 0 saturated carbocycles. The molecule has 1 fully saturated rings. The van der Waals surface area contributed by atoms with Gasteiger partial charge in [-0.3, -0.25) is 9.69 Å². The molecule has 166 valence electrons. The maximum atomic E-state index is 13.8. The van der Waals surface area contributed by atoms with E-state index in [-0.39, 0.29) is 5.56 Å². The van der Waals surface area contributed by atoms with Gasteiger partial charge in [-0.2, -0.15) is 0 Å². The first kappa shape index (κ1) is 22.2. The second-order valence-corrected chi connectivity index (χ2v) is 8.16. The third kappa shape index (κ3) is 5.60. The van der Waals surface area contributed by atoms with E-state index in [0.717, 1.165) is 62.1 Å². The average molecular weight is 457 g/mol. The summed E-state index contributed by atoms with van der Waals surface area (Å²) in [4.78, 5) is 21.4. The number of pyridine rings is 1. The summed E-state index contributed by atoms with van der Waals surface area (Å²) in [6.45, 7) is 4.51. The first-order chi connectivity index (χ1) is 15.5. The molecular weight excluding hydrogens is 434 g/mol. The minimum absolute atomic E-state index is 0.219. The molecule has 0 bridgehead atoms. The molecule has 0 atom stereocenters. The van der Waals surface area contributed by atoms with E-state index in [9.17, 15) is 13.6 Å². The second-order valence-electron chi connectivity index (χ2n) is 7.73. The summed E-state index contributed by atoms with van der Waals surface area (Å²) in [7, 11) is 0. The SMILES string of the molecule is O=C(Nc1ccc(N2CCCN(Cc3ccc(Cl)cc3)CC2)nc1)c1ccc(F)cc1F. The Labute approximate surface area is 190 Å². The lowest BCUT2D eigenvalue weighted by molar-refractivity contribution is 0.102. The van der Waals surface area contributed by atoms with Crippen molar-refractivity contribution in [3.05, 3.63) is 88.6 Å². The van der Waals surface area contributed by atoms with Gasteiger partial charge in [-0.1, -0.05) is 23.7 Å². The molecule has 8 heteroatoms. The van der Waals surface area contributed by atoms with Crippen molar-refractivity contribution in [2.24, 2.45) is 0 Å². The zero-order chi connectivity index (χ0) is 22.5. The molecule has 3 aromatic rings. The highest BCUT2D eigenvalue weighted by Gasteiger charge is 2.17. The standard InChI is InChI=1S/C24H23ClF2N4O/c25-18-4-2-17(3-5-18)16-30-10-1-11-31(13-12-30)23-9-7-20(15-28-23)29-24(32)21-8-6-19(26)14-22(21)27/h2-9,14-15H,1,10-13,16H2,(H,29,32). The van der Waals surface area contributed by atoms with Crippen molar-refractivity contribution in [1.82, 2.24) is 9.88 Å². The molecule has 1 aromatic heterocycles. The number of nitrogens with zero attached hydrogens (tertiary/aromatic N) is 3. The van der Waals surface area contributed by atoms with Crippen LogP contribution in [0, 0.1) is 11.6 Å². The highest BCUT2D eigenvalue weighted by molar-refractivity contribution is 6.30. The average Bonchev–Trinajstić information content (AvgIpc) is 3.01. The quantitative estimate of drug-likeness (QED) is 0.588. The van der Waals surface area contributed by atoms with Crippen molar-refractivity contribution in [2.75, 3.05) is 36.4 Å². The minimum atomic E-state index is -0.903. The van der Waals surface area contributed by atoms with E-state index in [0.29, 0.717) is 11.8 Å². The van der Waals surface area contributed by atoms with Crippen LogP contribution < -0.4 is 10.2 Å². The van der Waals surface area contributed by atoms with E-state index in [1.807, 2.05) is 18.2 Å². The van der Waals surface area contributed by atoms with Gasteiger partial charge in [-0.05, 0) is 48.4 Å². The number of hydrogen-bond donors (Lipinski definition) is 1. The van der Waals surface area contributed by atoms with Gasteiger partial charge in [-0.15, -0.1) is 0 Å². The van der Waals surface area contributed by atoms with Gasteiger partial charge >= 0.3 is 0 Å². The predicted octanol–water partition coefficient (Wildman–Crippen LogP) is 4.98. The van der Waals surface area contributed by atoms with Crippen LogP contribution in [0.25, 0.3) is 0 Å². The number of nitrogens with one attached hydrogen (secondary N) is 1. The molecule has 1 aliphatic heterocycles. The van der Waals surface area contributed by atoms with E-state index in [2.05, 4.69) is 32.2 Å². The summed E-state index contributed by atoms with van der Waals surface area (Å²) in [5, 5.41) is 3.34. The monoisotopic (exact) mass is 456 g/mol. The van der Waals surface area contributed by atoms with Gasteiger partial charge in [0.1, 0.15) is 17.5 Å². The van der Waals surface area contributed by atoms with Gasteiger partial charge in [0.15, 0.2) is 0 Å². The highest BCUT2D eigenvalue weighted by atomic mass is 35.5. The van der Waals surface area contributed by atoms with Crippen molar-refractivity contribution in [3.8, 4) is 0 Å². The largest absolute Gasteiger partial charge is 0.355 e. The number of aromatic nitrogens is 1. The maximum absolute atomic E-state index is 13.8. The number of rotatable bonds is 5. The summed E-state index contributed by atoms with van der Waals surface area (Å²) in [5.74, 6) is -1.46. The first-order valence-electron chi connectivity index (χ1n) is 10.4. The lowest BCUT2D eigenvalue weighted by atomic mass is 10.2. The topological polar surface area (TPSA) is 48.5 Å². The number of carbonyl (C=O) groups is 1. The molecule has 1 saturated heterocycles. The van der Waals surface area contributed by atoms with Crippen molar-refractivity contribution in [3.63, 3.8) is 0 Å². The van der Waals surface area contributed by atoms with Crippen LogP contribution in [0.3, 0.4) is 0 Å². The molecule has 0 unspecified atom stereocenters. The fraction of sp³-hybridized carbons (Fsp3) is 0.250. The van der Waals surface area contributed by atoms with Gasteiger partial charge < -0.3 is 10.2 Å². The lowest BCUT2D eigenvalue weighted by Gasteiger charge is -2.23. The molecule has 1 N–H and O–H groups in total. The third-order valence-electron chi connectivity index (χ3n) is 5.41. The summed E-state index contributed by atoms with van der Waals surface area (Å²) in [6.07, 6.45) is 2.56. The fourth-order valence-electron chi connectivity index (χ4n) is 3.73.